The molecule has 1 aromatic carbocycles. The first-order valence-electron chi connectivity index (χ1n) is 10.5. The second kappa shape index (κ2) is 9.57. The zero-order chi connectivity index (χ0) is 20.9. The lowest BCUT2D eigenvalue weighted by Crippen LogP contribution is -2.50. The molecule has 0 aromatic heterocycles. The molecule has 0 radical (unpaired) electrons. The van der Waals surface area contributed by atoms with Crippen LogP contribution in [0.5, 0.6) is 5.75 Å². The summed E-state index contributed by atoms with van der Waals surface area (Å²) in [4.78, 5) is 29.2. The molecule has 3 rings (SSSR count). The van der Waals surface area contributed by atoms with Gasteiger partial charge in [-0.15, -0.1) is 0 Å². The Balaban J connectivity index is 1.63. The van der Waals surface area contributed by atoms with Crippen LogP contribution >= 0.6 is 0 Å². The molecule has 1 spiro atoms. The molecule has 29 heavy (non-hydrogen) atoms. The van der Waals surface area contributed by atoms with Crippen molar-refractivity contribution in [1.29, 1.82) is 0 Å². The Kier molecular flexibility index (Phi) is 7.11. The number of benzene rings is 1. The second-order valence-corrected chi connectivity index (χ2v) is 8.04. The van der Waals surface area contributed by atoms with Gasteiger partial charge in [-0.2, -0.15) is 0 Å². The van der Waals surface area contributed by atoms with E-state index in [-0.39, 0.29) is 30.8 Å². The highest BCUT2D eigenvalue weighted by Crippen LogP contribution is 2.40. The molecule has 6 nitrogen and oxygen atoms in total. The Labute approximate surface area is 171 Å². The normalized spacial score (nSPS) is 21.8. The SMILES string of the molecule is CCCCOCC(=O)N1CC[C@]2(CCCN(Cc3cc(OC)ccc3F)C2=O)C1. The maximum absolute atomic E-state index is 14.2. The van der Waals surface area contributed by atoms with E-state index in [1.54, 1.807) is 21.9 Å². The van der Waals surface area contributed by atoms with E-state index in [0.29, 0.717) is 44.0 Å². The number of rotatable bonds is 8. The molecule has 0 N–H and O–H groups in total. The minimum Gasteiger partial charge on any atom is -0.497 e. The van der Waals surface area contributed by atoms with Gasteiger partial charge in [0.15, 0.2) is 0 Å². The fraction of sp³-hybridized carbons (Fsp3) is 0.636. The third kappa shape index (κ3) is 4.89. The van der Waals surface area contributed by atoms with E-state index >= 15 is 0 Å². The van der Waals surface area contributed by atoms with E-state index in [1.165, 1.54) is 13.2 Å². The number of nitrogens with zero attached hydrogens (tertiary/aromatic N) is 2. The monoisotopic (exact) mass is 406 g/mol. The minimum atomic E-state index is -0.549. The molecule has 2 heterocycles. The number of piperidine rings is 1. The van der Waals surface area contributed by atoms with Crippen molar-refractivity contribution in [3.05, 3.63) is 29.6 Å². The number of hydrogen-bond donors (Lipinski definition) is 0. The zero-order valence-electron chi connectivity index (χ0n) is 17.4. The van der Waals surface area contributed by atoms with Crippen LogP contribution in [0.4, 0.5) is 4.39 Å². The quantitative estimate of drug-likeness (QED) is 0.623. The summed E-state index contributed by atoms with van der Waals surface area (Å²) in [6.07, 6.45) is 4.24. The zero-order valence-corrected chi connectivity index (χ0v) is 17.4. The van der Waals surface area contributed by atoms with Crippen molar-refractivity contribution in [2.24, 2.45) is 5.41 Å². The van der Waals surface area contributed by atoms with E-state index in [0.717, 1.165) is 25.7 Å². The predicted molar refractivity (Wildman–Crippen MR) is 107 cm³/mol. The molecule has 160 valence electrons. The largest absolute Gasteiger partial charge is 0.497 e. The van der Waals surface area contributed by atoms with E-state index in [2.05, 4.69) is 6.92 Å². The summed E-state index contributed by atoms with van der Waals surface area (Å²) in [6, 6.07) is 4.58. The maximum atomic E-state index is 14.2. The van der Waals surface area contributed by atoms with Crippen molar-refractivity contribution >= 4 is 11.8 Å². The maximum Gasteiger partial charge on any atom is 0.248 e. The van der Waals surface area contributed by atoms with Crippen LogP contribution in [0.2, 0.25) is 0 Å². The van der Waals surface area contributed by atoms with Gasteiger partial charge >= 0.3 is 0 Å². The summed E-state index contributed by atoms with van der Waals surface area (Å²) in [6.45, 7) is 4.56. The summed E-state index contributed by atoms with van der Waals surface area (Å²) in [7, 11) is 1.54. The molecule has 2 saturated heterocycles. The third-order valence-electron chi connectivity index (χ3n) is 6.01. The summed E-state index contributed by atoms with van der Waals surface area (Å²) >= 11 is 0. The van der Waals surface area contributed by atoms with Gasteiger partial charge in [0.05, 0.1) is 12.5 Å². The Morgan fingerprint density at radius 3 is 2.86 bits per heavy atom. The summed E-state index contributed by atoms with van der Waals surface area (Å²) in [5, 5.41) is 0. The molecule has 0 aliphatic carbocycles. The van der Waals surface area contributed by atoms with Crippen molar-refractivity contribution in [2.75, 3.05) is 40.0 Å². The van der Waals surface area contributed by atoms with Crippen molar-refractivity contribution in [3.8, 4) is 5.75 Å². The Hall–Kier alpha value is -2.15. The summed E-state index contributed by atoms with van der Waals surface area (Å²) in [5.41, 5.74) is -0.0999. The van der Waals surface area contributed by atoms with E-state index in [4.69, 9.17) is 9.47 Å². The molecule has 0 bridgehead atoms. The molecule has 2 amide bonds. The van der Waals surface area contributed by atoms with Crippen LogP contribution in [-0.2, 0) is 20.9 Å². The van der Waals surface area contributed by atoms with Crippen LogP contribution < -0.4 is 4.74 Å². The fourth-order valence-electron chi connectivity index (χ4n) is 4.27. The van der Waals surface area contributed by atoms with Crippen LogP contribution in [0.3, 0.4) is 0 Å². The number of halogens is 1. The number of amides is 2. The second-order valence-electron chi connectivity index (χ2n) is 8.04. The van der Waals surface area contributed by atoms with Crippen molar-refractivity contribution in [2.45, 2.75) is 45.6 Å². The molecule has 2 fully saturated rings. The first-order valence-corrected chi connectivity index (χ1v) is 10.5. The van der Waals surface area contributed by atoms with Gasteiger partial charge < -0.3 is 19.3 Å². The Morgan fingerprint density at radius 1 is 1.28 bits per heavy atom. The van der Waals surface area contributed by atoms with Crippen LogP contribution in [0.15, 0.2) is 18.2 Å². The first kappa shape index (κ1) is 21.6. The number of carbonyl (C=O) groups excluding carboxylic acids is 2. The van der Waals surface area contributed by atoms with Gasteiger partial charge in [0, 0.05) is 38.3 Å². The molecule has 2 aliphatic heterocycles. The molecular weight excluding hydrogens is 375 g/mol. The molecule has 7 heteroatoms. The van der Waals surface area contributed by atoms with E-state index < -0.39 is 5.41 Å². The van der Waals surface area contributed by atoms with Crippen molar-refractivity contribution < 1.29 is 23.5 Å². The number of hydrogen-bond acceptors (Lipinski definition) is 4. The van der Waals surface area contributed by atoms with E-state index in [1.807, 2.05) is 0 Å². The van der Waals surface area contributed by atoms with Crippen molar-refractivity contribution in [3.63, 3.8) is 0 Å². The van der Waals surface area contributed by atoms with E-state index in [9.17, 15) is 14.0 Å². The summed E-state index contributed by atoms with van der Waals surface area (Å²) in [5.74, 6) is 0.196. The fourth-order valence-corrected chi connectivity index (χ4v) is 4.27. The number of likely N-dealkylation sites (tertiary alicyclic amines) is 2. The van der Waals surface area contributed by atoms with Gasteiger partial charge in [-0.3, -0.25) is 9.59 Å². The minimum absolute atomic E-state index is 0.0215. The highest BCUT2D eigenvalue weighted by molar-refractivity contribution is 5.86. The lowest BCUT2D eigenvalue weighted by molar-refractivity contribution is -0.147. The molecule has 0 saturated carbocycles. The van der Waals surface area contributed by atoms with Crippen LogP contribution in [-0.4, -0.2) is 61.6 Å². The first-order chi connectivity index (χ1) is 14.0. The van der Waals surface area contributed by atoms with Gasteiger partial charge in [-0.1, -0.05) is 13.3 Å². The number of methoxy groups -OCH3 is 1. The number of unbranched alkanes of at least 4 members (excludes halogenated alkanes) is 1. The van der Waals surface area contributed by atoms with Crippen LogP contribution in [0.1, 0.15) is 44.6 Å². The topological polar surface area (TPSA) is 59.1 Å². The smallest absolute Gasteiger partial charge is 0.248 e. The lowest BCUT2D eigenvalue weighted by atomic mass is 9.78. The molecular formula is C22H31FN2O4. The third-order valence-corrected chi connectivity index (χ3v) is 6.01. The Morgan fingerprint density at radius 2 is 2.10 bits per heavy atom. The average molecular weight is 406 g/mol. The summed E-state index contributed by atoms with van der Waals surface area (Å²) < 4.78 is 24.9. The molecule has 1 aromatic rings. The molecule has 2 aliphatic rings. The highest BCUT2D eigenvalue weighted by Gasteiger charge is 2.49. The predicted octanol–water partition coefficient (Wildman–Crippen LogP) is 2.99. The highest BCUT2D eigenvalue weighted by atomic mass is 19.1. The van der Waals surface area contributed by atoms with Crippen LogP contribution in [0.25, 0.3) is 0 Å². The Bertz CT molecular complexity index is 742. The average Bonchev–Trinajstić information content (AvgIpc) is 3.15. The van der Waals surface area contributed by atoms with Gasteiger partial charge in [-0.25, -0.2) is 4.39 Å². The van der Waals surface area contributed by atoms with Crippen molar-refractivity contribution in [1.82, 2.24) is 9.80 Å². The van der Waals surface area contributed by atoms with Gasteiger partial charge in [-0.05, 0) is 43.9 Å². The number of ether oxygens (including phenoxy) is 2. The standard InChI is InChI=1S/C22H31FN2O4/c1-3-4-12-29-15-20(26)25-11-9-22(16-25)8-5-10-24(21(22)27)14-17-13-18(28-2)6-7-19(17)23/h6-7,13H,3-5,8-12,14-16H2,1-2H3/t22-/m1/s1. The lowest BCUT2D eigenvalue weighted by Gasteiger charge is -2.39. The van der Waals surface area contributed by atoms with Crippen LogP contribution in [0, 0.1) is 11.2 Å². The van der Waals surface area contributed by atoms with Gasteiger partial charge in [0.1, 0.15) is 18.2 Å². The molecule has 0 unspecified atom stereocenters. The number of carbonyl (C=O) groups is 2. The molecule has 1 atom stereocenters. The van der Waals surface area contributed by atoms with Gasteiger partial charge in [0.25, 0.3) is 0 Å². The van der Waals surface area contributed by atoms with Gasteiger partial charge in [0.2, 0.25) is 11.8 Å².